The number of carbonyl (C=O) groups excluding carboxylic acids is 1. The first-order chi connectivity index (χ1) is 5.52. The van der Waals surface area contributed by atoms with Gasteiger partial charge in [-0.2, -0.15) is 0 Å². The molecule has 3 unspecified atom stereocenters. The Bertz CT molecular complexity index is 176. The van der Waals surface area contributed by atoms with Crippen LogP contribution in [-0.4, -0.2) is 41.2 Å². The largest absolute Gasteiger partial charge is 0.342 e. The van der Waals surface area contributed by atoms with E-state index in [9.17, 15) is 4.79 Å². The molecule has 12 heavy (non-hydrogen) atoms. The Morgan fingerprint density at radius 2 is 2.25 bits per heavy atom. The number of nitrogens with zero attached hydrogens (tertiary/aromatic N) is 2. The normalized spacial score (nSPS) is 30.7. The van der Waals surface area contributed by atoms with Gasteiger partial charge in [-0.1, -0.05) is 9.39 Å². The van der Waals surface area contributed by atoms with Crippen LogP contribution in [0, 0.1) is 0 Å². The van der Waals surface area contributed by atoms with Gasteiger partial charge in [-0.25, -0.2) is 0 Å². The first-order valence-electron chi connectivity index (χ1n) is 4.27. The van der Waals surface area contributed by atoms with Gasteiger partial charge >= 0.3 is 0 Å². The minimum Gasteiger partial charge on any atom is -0.342 e. The van der Waals surface area contributed by atoms with Crippen LogP contribution in [0.25, 0.3) is 0 Å². The quantitative estimate of drug-likeness (QED) is 0.566. The van der Waals surface area contributed by atoms with Crippen LogP contribution in [0.3, 0.4) is 0 Å². The van der Waals surface area contributed by atoms with Crippen LogP contribution >= 0.6 is 9.39 Å². The average Bonchev–Trinajstić information content (AvgIpc) is 2.30. The fraction of sp³-hybridized carbons (Fsp3) is 0.875. The molecule has 0 aromatic carbocycles. The molecule has 1 aliphatic rings. The second kappa shape index (κ2) is 3.71. The number of hydrogen-bond donors (Lipinski definition) is 0. The third-order valence-corrected chi connectivity index (χ3v) is 3.37. The van der Waals surface area contributed by atoms with E-state index in [1.807, 2.05) is 11.9 Å². The molecule has 3 atom stereocenters. The lowest BCUT2D eigenvalue weighted by Crippen LogP contribution is -2.36. The van der Waals surface area contributed by atoms with Gasteiger partial charge in [-0.05, 0) is 13.3 Å². The molecule has 0 saturated carbocycles. The van der Waals surface area contributed by atoms with Crippen LogP contribution < -0.4 is 0 Å². The predicted molar refractivity (Wildman–Crippen MR) is 52.7 cm³/mol. The molecule has 0 aliphatic carbocycles. The molecule has 0 radical (unpaired) electrons. The minimum absolute atomic E-state index is 0.160. The van der Waals surface area contributed by atoms with E-state index in [4.69, 9.17) is 0 Å². The minimum atomic E-state index is 0.160. The van der Waals surface area contributed by atoms with Gasteiger partial charge in [0.2, 0.25) is 5.91 Å². The van der Waals surface area contributed by atoms with Crippen LogP contribution in [0.15, 0.2) is 0 Å². The molecule has 0 spiro atoms. The van der Waals surface area contributed by atoms with Gasteiger partial charge in [0.15, 0.2) is 0 Å². The number of likely N-dealkylation sites (N-methyl/N-ethyl adjacent to an activating group) is 1. The Hall–Kier alpha value is -0.140. The molecule has 0 aromatic heterocycles. The summed E-state index contributed by atoms with van der Waals surface area (Å²) in [5, 5.41) is 0. The van der Waals surface area contributed by atoms with Crippen molar-refractivity contribution in [2.45, 2.75) is 32.4 Å². The fourth-order valence-corrected chi connectivity index (χ4v) is 1.93. The number of amides is 1. The average molecular weight is 188 g/mol. The lowest BCUT2D eigenvalue weighted by Gasteiger charge is -2.22. The highest BCUT2D eigenvalue weighted by Gasteiger charge is 2.29. The first-order valence-corrected chi connectivity index (χ1v) is 4.78. The molecule has 1 heterocycles. The van der Waals surface area contributed by atoms with Crippen molar-refractivity contribution in [2.24, 2.45) is 0 Å². The second-order valence-corrected chi connectivity index (χ2v) is 4.23. The zero-order valence-corrected chi connectivity index (χ0v) is 9.10. The highest BCUT2D eigenvalue weighted by molar-refractivity contribution is 7.13. The van der Waals surface area contributed by atoms with Gasteiger partial charge in [0, 0.05) is 32.6 Å². The predicted octanol–water partition coefficient (Wildman–Crippen LogP) is 0.718. The van der Waals surface area contributed by atoms with Crippen LogP contribution in [0.2, 0.25) is 0 Å². The van der Waals surface area contributed by atoms with E-state index in [1.165, 1.54) is 0 Å². The van der Waals surface area contributed by atoms with E-state index in [0.29, 0.717) is 12.1 Å². The number of rotatable bonds is 1. The topological polar surface area (TPSA) is 23.6 Å². The maximum absolute atomic E-state index is 11.0. The molecule has 4 heteroatoms. The molecule has 0 aromatic rings. The smallest absolute Gasteiger partial charge is 0.219 e. The second-order valence-electron chi connectivity index (χ2n) is 3.57. The van der Waals surface area contributed by atoms with Crippen LogP contribution in [-0.2, 0) is 4.79 Å². The standard InChI is InChI=1S/C8H17N2OP/c1-6-4-8(5-10(6)12)9(3)7(2)11/h6,8H,4-5,12H2,1-3H3. The van der Waals surface area contributed by atoms with E-state index < -0.39 is 0 Å². The number of hydrogen-bond acceptors (Lipinski definition) is 2. The van der Waals surface area contributed by atoms with Gasteiger partial charge < -0.3 is 4.90 Å². The van der Waals surface area contributed by atoms with E-state index >= 15 is 0 Å². The van der Waals surface area contributed by atoms with Crippen LogP contribution in [0.5, 0.6) is 0 Å². The Balaban J connectivity index is 2.51. The van der Waals surface area contributed by atoms with Crippen molar-refractivity contribution in [3.05, 3.63) is 0 Å². The number of carbonyl (C=O) groups is 1. The summed E-state index contributed by atoms with van der Waals surface area (Å²) in [6.45, 7) is 4.78. The van der Waals surface area contributed by atoms with Gasteiger partial charge in [0.1, 0.15) is 0 Å². The summed E-state index contributed by atoms with van der Waals surface area (Å²) < 4.78 is 2.21. The lowest BCUT2D eigenvalue weighted by atomic mass is 10.2. The molecule has 3 nitrogen and oxygen atoms in total. The van der Waals surface area contributed by atoms with Crippen molar-refractivity contribution >= 4 is 15.3 Å². The molecule has 1 rings (SSSR count). The van der Waals surface area contributed by atoms with Crippen LogP contribution in [0.1, 0.15) is 20.3 Å². The Labute approximate surface area is 76.4 Å². The van der Waals surface area contributed by atoms with Gasteiger partial charge in [-0.3, -0.25) is 9.46 Å². The summed E-state index contributed by atoms with van der Waals surface area (Å²) in [5.41, 5.74) is 0. The summed E-state index contributed by atoms with van der Waals surface area (Å²) >= 11 is 0. The Morgan fingerprint density at radius 3 is 2.58 bits per heavy atom. The summed E-state index contributed by atoms with van der Waals surface area (Å²) in [5.74, 6) is 0.160. The highest BCUT2D eigenvalue weighted by atomic mass is 31.0. The summed E-state index contributed by atoms with van der Waals surface area (Å²) in [6, 6.07) is 0.969. The maximum Gasteiger partial charge on any atom is 0.219 e. The molecular weight excluding hydrogens is 171 g/mol. The Morgan fingerprint density at radius 1 is 1.67 bits per heavy atom. The summed E-state index contributed by atoms with van der Waals surface area (Å²) in [4.78, 5) is 12.9. The van der Waals surface area contributed by atoms with Crippen LogP contribution in [0.4, 0.5) is 0 Å². The zero-order chi connectivity index (χ0) is 9.30. The molecule has 1 saturated heterocycles. The molecule has 1 aliphatic heterocycles. The van der Waals surface area contributed by atoms with Crippen molar-refractivity contribution in [3.8, 4) is 0 Å². The van der Waals surface area contributed by atoms with E-state index in [1.54, 1.807) is 6.92 Å². The van der Waals surface area contributed by atoms with E-state index in [-0.39, 0.29) is 5.91 Å². The SMILES string of the molecule is CC(=O)N(C)C1CC(C)N(P)C1. The molecule has 1 fully saturated rings. The summed E-state index contributed by atoms with van der Waals surface area (Å²) in [7, 11) is 4.59. The third-order valence-electron chi connectivity index (χ3n) is 2.65. The third kappa shape index (κ3) is 1.96. The van der Waals surface area contributed by atoms with Crippen molar-refractivity contribution < 1.29 is 4.79 Å². The first kappa shape index (κ1) is 9.94. The van der Waals surface area contributed by atoms with E-state index in [2.05, 4.69) is 21.0 Å². The van der Waals surface area contributed by atoms with Crippen molar-refractivity contribution in [1.29, 1.82) is 0 Å². The fourth-order valence-electron chi connectivity index (χ4n) is 1.56. The molecule has 0 bridgehead atoms. The maximum atomic E-state index is 11.0. The monoisotopic (exact) mass is 188 g/mol. The molecule has 1 amide bonds. The molecule has 0 N–H and O–H groups in total. The summed E-state index contributed by atoms with van der Waals surface area (Å²) in [6.07, 6.45) is 1.08. The lowest BCUT2D eigenvalue weighted by molar-refractivity contribution is -0.129. The van der Waals surface area contributed by atoms with E-state index in [0.717, 1.165) is 13.0 Å². The highest BCUT2D eigenvalue weighted by Crippen LogP contribution is 2.23. The molecular formula is C8H17N2OP. The zero-order valence-electron chi connectivity index (χ0n) is 7.95. The van der Waals surface area contributed by atoms with Gasteiger partial charge in [0.25, 0.3) is 0 Å². The molecule has 70 valence electrons. The van der Waals surface area contributed by atoms with Gasteiger partial charge in [-0.15, -0.1) is 0 Å². The van der Waals surface area contributed by atoms with Crippen molar-refractivity contribution in [3.63, 3.8) is 0 Å². The Kier molecular flexibility index (Phi) is 3.08. The van der Waals surface area contributed by atoms with Gasteiger partial charge in [0.05, 0.1) is 0 Å². The van der Waals surface area contributed by atoms with Crippen molar-refractivity contribution in [2.75, 3.05) is 13.6 Å². The van der Waals surface area contributed by atoms with Crippen molar-refractivity contribution in [1.82, 2.24) is 9.57 Å².